The molecule has 1 spiro atoms. The van der Waals surface area contributed by atoms with Gasteiger partial charge in [0.05, 0.1) is 0 Å². The van der Waals surface area contributed by atoms with Gasteiger partial charge in [-0.3, -0.25) is 4.79 Å². The van der Waals surface area contributed by atoms with Crippen LogP contribution in [-0.2, 0) is 4.79 Å². The Labute approximate surface area is 151 Å². The van der Waals surface area contributed by atoms with Crippen LogP contribution in [0, 0.1) is 11.3 Å². The van der Waals surface area contributed by atoms with Crippen LogP contribution in [0.4, 0.5) is 4.79 Å². The van der Waals surface area contributed by atoms with Crippen LogP contribution in [0.2, 0.25) is 0 Å². The van der Waals surface area contributed by atoms with Crippen molar-refractivity contribution in [2.75, 3.05) is 52.4 Å². The van der Waals surface area contributed by atoms with Crippen molar-refractivity contribution >= 4 is 24.3 Å². The summed E-state index contributed by atoms with van der Waals surface area (Å²) in [7, 11) is 0. The van der Waals surface area contributed by atoms with Gasteiger partial charge in [0.25, 0.3) is 0 Å². The molecule has 3 rings (SSSR count). The molecule has 2 aliphatic heterocycles. The molecule has 138 valence electrons. The predicted octanol–water partition coefficient (Wildman–Crippen LogP) is 1.40. The van der Waals surface area contributed by atoms with Crippen LogP contribution < -0.4 is 5.32 Å². The van der Waals surface area contributed by atoms with Gasteiger partial charge >= 0.3 is 6.03 Å². The number of hydrogen-bond acceptors (Lipinski definition) is 3. The molecule has 1 atom stereocenters. The average Bonchev–Trinajstić information content (AvgIpc) is 3.29. The van der Waals surface area contributed by atoms with Gasteiger partial charge in [-0.1, -0.05) is 0 Å². The molecule has 1 aliphatic carbocycles. The highest BCUT2D eigenvalue weighted by molar-refractivity contribution is 5.85. The second kappa shape index (κ2) is 7.91. The van der Waals surface area contributed by atoms with Crippen LogP contribution in [-0.4, -0.2) is 79.0 Å². The number of nitrogens with zero attached hydrogens (tertiary/aromatic N) is 3. The van der Waals surface area contributed by atoms with E-state index in [2.05, 4.69) is 5.32 Å². The lowest BCUT2D eigenvalue weighted by atomic mass is 9.91. The summed E-state index contributed by atoms with van der Waals surface area (Å²) in [5.41, 5.74) is 0.302. The maximum atomic E-state index is 12.7. The molecular weight excluding hydrogens is 328 g/mol. The molecule has 0 aromatic heterocycles. The minimum Gasteiger partial charge on any atom is -0.339 e. The van der Waals surface area contributed by atoms with Gasteiger partial charge in [0, 0.05) is 45.2 Å². The minimum absolute atomic E-state index is 0. The number of piperidine rings is 1. The minimum atomic E-state index is 0. The van der Waals surface area contributed by atoms with Crippen molar-refractivity contribution in [3.8, 4) is 0 Å². The molecular formula is C17H31ClN4O2. The number of carbonyl (C=O) groups excluding carboxylic acids is 2. The van der Waals surface area contributed by atoms with E-state index < -0.39 is 0 Å². The average molecular weight is 359 g/mol. The van der Waals surface area contributed by atoms with Crippen molar-refractivity contribution in [2.24, 2.45) is 11.3 Å². The van der Waals surface area contributed by atoms with Gasteiger partial charge < -0.3 is 20.0 Å². The fourth-order valence-corrected chi connectivity index (χ4v) is 4.21. The Kier molecular flexibility index (Phi) is 6.37. The van der Waals surface area contributed by atoms with E-state index in [0.717, 1.165) is 45.4 Å². The van der Waals surface area contributed by atoms with Gasteiger partial charge in [0.15, 0.2) is 0 Å². The maximum Gasteiger partial charge on any atom is 0.320 e. The third kappa shape index (κ3) is 3.64. The van der Waals surface area contributed by atoms with Crippen molar-refractivity contribution in [2.45, 2.75) is 33.1 Å². The fourth-order valence-electron chi connectivity index (χ4n) is 4.21. The molecule has 1 saturated carbocycles. The van der Waals surface area contributed by atoms with Crippen LogP contribution in [0.5, 0.6) is 0 Å². The lowest BCUT2D eigenvalue weighted by molar-refractivity contribution is -0.135. The first-order valence-corrected chi connectivity index (χ1v) is 9.14. The summed E-state index contributed by atoms with van der Waals surface area (Å²) in [6.45, 7) is 10.3. The lowest BCUT2D eigenvalue weighted by Crippen LogP contribution is -2.54. The van der Waals surface area contributed by atoms with Crippen molar-refractivity contribution < 1.29 is 9.59 Å². The molecule has 0 bridgehead atoms. The molecule has 2 saturated heterocycles. The molecule has 1 unspecified atom stereocenters. The third-order valence-electron chi connectivity index (χ3n) is 5.98. The van der Waals surface area contributed by atoms with Crippen LogP contribution in [0.25, 0.3) is 0 Å². The first-order valence-electron chi connectivity index (χ1n) is 9.14. The summed E-state index contributed by atoms with van der Waals surface area (Å²) in [6.07, 6.45) is 3.36. The first kappa shape index (κ1) is 19.3. The number of halogens is 1. The molecule has 7 heteroatoms. The lowest BCUT2D eigenvalue weighted by Gasteiger charge is -2.37. The summed E-state index contributed by atoms with van der Waals surface area (Å²) in [5.74, 6) is 0.580. The highest BCUT2D eigenvalue weighted by atomic mass is 35.5. The Morgan fingerprint density at radius 3 is 2.12 bits per heavy atom. The Morgan fingerprint density at radius 2 is 1.58 bits per heavy atom. The Hall–Kier alpha value is -1.01. The molecule has 24 heavy (non-hydrogen) atoms. The molecule has 3 amide bonds. The zero-order chi connectivity index (χ0) is 16.4. The van der Waals surface area contributed by atoms with Gasteiger partial charge in [-0.05, 0) is 51.6 Å². The smallest absolute Gasteiger partial charge is 0.320 e. The molecule has 3 aliphatic rings. The normalized spacial score (nSPS) is 25.2. The van der Waals surface area contributed by atoms with Crippen molar-refractivity contribution in [3.63, 3.8) is 0 Å². The van der Waals surface area contributed by atoms with Crippen LogP contribution in [0.3, 0.4) is 0 Å². The summed E-state index contributed by atoms with van der Waals surface area (Å²) in [5, 5.41) is 3.39. The molecule has 0 aromatic carbocycles. The highest BCUT2D eigenvalue weighted by Crippen LogP contribution is 2.59. The molecule has 0 aromatic rings. The topological polar surface area (TPSA) is 55.9 Å². The second-order valence-electron chi connectivity index (χ2n) is 7.14. The van der Waals surface area contributed by atoms with Gasteiger partial charge in [0.1, 0.15) is 0 Å². The molecule has 2 heterocycles. The van der Waals surface area contributed by atoms with E-state index in [-0.39, 0.29) is 24.4 Å². The van der Waals surface area contributed by atoms with E-state index in [4.69, 9.17) is 0 Å². The van der Waals surface area contributed by atoms with Crippen molar-refractivity contribution in [3.05, 3.63) is 0 Å². The molecule has 1 N–H and O–H groups in total. The van der Waals surface area contributed by atoms with E-state index in [0.29, 0.717) is 37.5 Å². The summed E-state index contributed by atoms with van der Waals surface area (Å²) in [6, 6.07) is 0.114. The standard InChI is InChI=1S/C17H30N4O2.ClH/c1-3-19(4-2)16(23)21-11-9-20(10-12-21)15(22)14-13-17(14)5-7-18-8-6-17;/h14,18H,3-13H2,1-2H3;1H. The SMILES string of the molecule is CCN(CC)C(=O)N1CCN(C(=O)C2CC23CCNCC3)CC1.Cl. The third-order valence-corrected chi connectivity index (χ3v) is 5.98. The Balaban J connectivity index is 0.00000208. The predicted molar refractivity (Wildman–Crippen MR) is 96.4 cm³/mol. The zero-order valence-electron chi connectivity index (χ0n) is 14.9. The number of nitrogens with one attached hydrogen (secondary N) is 1. The number of urea groups is 1. The molecule has 3 fully saturated rings. The van der Waals surface area contributed by atoms with E-state index in [1.807, 2.05) is 28.5 Å². The van der Waals surface area contributed by atoms with Gasteiger partial charge in [0.2, 0.25) is 5.91 Å². The number of carbonyl (C=O) groups is 2. The fraction of sp³-hybridized carbons (Fsp3) is 0.882. The number of hydrogen-bond donors (Lipinski definition) is 1. The van der Waals surface area contributed by atoms with E-state index in [9.17, 15) is 9.59 Å². The van der Waals surface area contributed by atoms with Crippen LogP contribution in [0.15, 0.2) is 0 Å². The maximum absolute atomic E-state index is 12.7. The van der Waals surface area contributed by atoms with Gasteiger partial charge in [-0.25, -0.2) is 4.79 Å². The van der Waals surface area contributed by atoms with E-state index in [1.165, 1.54) is 0 Å². The van der Waals surface area contributed by atoms with Gasteiger partial charge in [-0.2, -0.15) is 0 Å². The summed E-state index contributed by atoms with van der Waals surface area (Å²) in [4.78, 5) is 30.9. The zero-order valence-corrected chi connectivity index (χ0v) is 15.7. The second-order valence-corrected chi connectivity index (χ2v) is 7.14. The van der Waals surface area contributed by atoms with E-state index >= 15 is 0 Å². The first-order chi connectivity index (χ1) is 11.1. The number of piperazine rings is 1. The monoisotopic (exact) mass is 358 g/mol. The van der Waals surface area contributed by atoms with Crippen molar-refractivity contribution in [1.29, 1.82) is 0 Å². The number of amides is 3. The molecule has 0 radical (unpaired) electrons. The van der Waals surface area contributed by atoms with E-state index in [1.54, 1.807) is 0 Å². The molecule has 6 nitrogen and oxygen atoms in total. The van der Waals surface area contributed by atoms with Crippen molar-refractivity contribution in [1.82, 2.24) is 20.0 Å². The van der Waals surface area contributed by atoms with Crippen LogP contribution in [0.1, 0.15) is 33.1 Å². The summed E-state index contributed by atoms with van der Waals surface area (Å²) >= 11 is 0. The Morgan fingerprint density at radius 1 is 1.04 bits per heavy atom. The summed E-state index contributed by atoms with van der Waals surface area (Å²) < 4.78 is 0. The van der Waals surface area contributed by atoms with Gasteiger partial charge in [-0.15, -0.1) is 12.4 Å². The largest absolute Gasteiger partial charge is 0.339 e. The number of rotatable bonds is 3. The Bertz CT molecular complexity index is 456. The quantitative estimate of drug-likeness (QED) is 0.829. The highest BCUT2D eigenvalue weighted by Gasteiger charge is 2.58. The van der Waals surface area contributed by atoms with Crippen LogP contribution >= 0.6 is 12.4 Å².